The van der Waals surface area contributed by atoms with Crippen LogP contribution in [0.5, 0.6) is 5.88 Å². The summed E-state index contributed by atoms with van der Waals surface area (Å²) in [6, 6.07) is 9.82. The van der Waals surface area contributed by atoms with Crippen molar-refractivity contribution >= 4 is 17.2 Å². The summed E-state index contributed by atoms with van der Waals surface area (Å²) in [5, 5.41) is 21.1. The molecule has 1 aromatic carbocycles. The highest BCUT2D eigenvalue weighted by atomic mass is 32.1. The lowest BCUT2D eigenvalue weighted by Crippen LogP contribution is -2.53. The van der Waals surface area contributed by atoms with Gasteiger partial charge >= 0.3 is 0 Å². The number of fused-ring (bicyclic) bond motifs is 1. The van der Waals surface area contributed by atoms with E-state index in [2.05, 4.69) is 48.5 Å². The fourth-order valence-corrected chi connectivity index (χ4v) is 6.53. The predicted molar refractivity (Wildman–Crippen MR) is 166 cm³/mol. The number of hydrogen-bond acceptors (Lipinski definition) is 8. The minimum absolute atomic E-state index is 0.00130. The Kier molecular flexibility index (Phi) is 9.32. The Morgan fingerprint density at radius 1 is 1.24 bits per heavy atom. The number of carbonyl (C=O) groups is 1. The lowest BCUT2D eigenvalue weighted by Gasteiger charge is -2.47. The second kappa shape index (κ2) is 12.8. The van der Waals surface area contributed by atoms with Gasteiger partial charge in [-0.05, 0) is 67.7 Å². The number of ether oxygens (including phenoxy) is 2. The van der Waals surface area contributed by atoms with E-state index in [1.807, 2.05) is 29.8 Å². The summed E-state index contributed by atoms with van der Waals surface area (Å²) in [7, 11) is 1.51. The Morgan fingerprint density at radius 3 is 2.71 bits per heavy atom. The molecule has 2 aliphatic rings. The van der Waals surface area contributed by atoms with Gasteiger partial charge < -0.3 is 25.2 Å². The summed E-state index contributed by atoms with van der Waals surface area (Å²) in [6.07, 6.45) is 7.67. The summed E-state index contributed by atoms with van der Waals surface area (Å²) in [6.45, 7) is 8.69. The van der Waals surface area contributed by atoms with Gasteiger partial charge in [-0.2, -0.15) is 0 Å². The average molecular weight is 593 g/mol. The number of pyridine rings is 1. The van der Waals surface area contributed by atoms with E-state index in [4.69, 9.17) is 14.5 Å². The highest BCUT2D eigenvalue weighted by Gasteiger charge is 2.46. The van der Waals surface area contributed by atoms with Gasteiger partial charge in [-0.3, -0.25) is 4.79 Å². The average Bonchev–Trinajstić information content (AvgIpc) is 3.48. The zero-order chi connectivity index (χ0) is 29.9. The van der Waals surface area contributed by atoms with Crippen molar-refractivity contribution in [2.75, 3.05) is 13.7 Å². The van der Waals surface area contributed by atoms with Crippen LogP contribution < -0.4 is 15.4 Å². The van der Waals surface area contributed by atoms with Crippen LogP contribution in [0.1, 0.15) is 76.1 Å². The smallest absolute Gasteiger partial charge is 0.249 e. The molecule has 5 rings (SSSR count). The van der Waals surface area contributed by atoms with Gasteiger partial charge in [0.1, 0.15) is 16.7 Å². The van der Waals surface area contributed by atoms with Crippen LogP contribution in [-0.2, 0) is 22.4 Å². The van der Waals surface area contributed by atoms with Crippen molar-refractivity contribution in [2.45, 2.75) is 96.1 Å². The number of aliphatic hydroxyl groups excluding tert-OH is 1. The lowest BCUT2D eigenvalue weighted by atomic mass is 9.73. The van der Waals surface area contributed by atoms with Gasteiger partial charge in [0.25, 0.3) is 0 Å². The van der Waals surface area contributed by atoms with E-state index in [9.17, 15) is 9.90 Å². The molecule has 9 heteroatoms. The molecule has 1 aliphatic heterocycles. The van der Waals surface area contributed by atoms with Crippen LogP contribution in [0.25, 0.3) is 10.6 Å². The van der Waals surface area contributed by atoms with Gasteiger partial charge in [0.15, 0.2) is 0 Å². The molecule has 3 heterocycles. The first-order valence-electron chi connectivity index (χ1n) is 15.0. The van der Waals surface area contributed by atoms with Gasteiger partial charge in [0, 0.05) is 55.0 Å². The number of amides is 1. The summed E-state index contributed by atoms with van der Waals surface area (Å²) < 4.78 is 11.7. The summed E-state index contributed by atoms with van der Waals surface area (Å²) in [5.74, 6) is 0.446. The van der Waals surface area contributed by atoms with Gasteiger partial charge in [0.2, 0.25) is 11.8 Å². The second-order valence-electron chi connectivity index (χ2n) is 13.1. The molecule has 0 bridgehead atoms. The molecule has 42 heavy (non-hydrogen) atoms. The molecule has 3 N–H and O–H groups in total. The number of aliphatic hydroxyl groups is 1. The van der Waals surface area contributed by atoms with Crippen LogP contribution in [-0.4, -0.2) is 58.5 Å². The first-order chi connectivity index (χ1) is 20.0. The third kappa shape index (κ3) is 7.37. The van der Waals surface area contributed by atoms with E-state index in [0.29, 0.717) is 18.8 Å². The number of carbonyl (C=O) groups excluding carboxylic acids is 1. The SMILES string of the molecule is CO[C@H](C)C(=O)N[C@@H](Cc1cccc(-c2nccs2)c1)[C@H](O)CN[C@H]1CC2(CCC2)Oc2ncc(CC(C)(C)C)cc21. The Balaban J connectivity index is 1.34. The number of nitrogens with zero attached hydrogens (tertiary/aromatic N) is 2. The summed E-state index contributed by atoms with van der Waals surface area (Å²) in [5.41, 5.74) is 4.21. The fraction of sp³-hybridized carbons (Fsp3) is 0.545. The zero-order valence-electron chi connectivity index (χ0n) is 25.4. The van der Waals surface area contributed by atoms with Crippen LogP contribution in [0.3, 0.4) is 0 Å². The predicted octanol–water partition coefficient (Wildman–Crippen LogP) is 5.25. The highest BCUT2D eigenvalue weighted by Crippen LogP contribution is 2.48. The third-order valence-electron chi connectivity index (χ3n) is 8.35. The standard InChI is InChI=1S/C33H44N4O4S/c1-21(40-5)29(39)37-26(16-22-8-6-9-24(14-22)31-34-12-13-42-31)28(38)20-35-27-18-33(10-7-11-33)41-30-25(27)15-23(19-36-30)17-32(2,3)4/h6,8-9,12-15,19,21,26-28,35,38H,7,10-11,16-18,20H2,1-5H3,(H,37,39)/t21-,26+,27+,28-/m1/s1. The number of thiazole rings is 1. The molecular formula is C33H44N4O4S. The van der Waals surface area contributed by atoms with Gasteiger partial charge in [-0.25, -0.2) is 9.97 Å². The molecule has 1 amide bonds. The van der Waals surface area contributed by atoms with E-state index < -0.39 is 18.2 Å². The number of aromatic nitrogens is 2. The van der Waals surface area contributed by atoms with Crippen molar-refractivity contribution in [3.05, 3.63) is 64.8 Å². The van der Waals surface area contributed by atoms with Gasteiger partial charge in [0.05, 0.1) is 12.1 Å². The van der Waals surface area contributed by atoms with Crippen molar-refractivity contribution in [3.63, 3.8) is 0 Å². The molecule has 8 nitrogen and oxygen atoms in total. The van der Waals surface area contributed by atoms with Crippen molar-refractivity contribution < 1.29 is 19.4 Å². The van der Waals surface area contributed by atoms with E-state index >= 15 is 0 Å². The summed E-state index contributed by atoms with van der Waals surface area (Å²) in [4.78, 5) is 22.1. The molecule has 1 spiro atoms. The molecule has 226 valence electrons. The van der Waals surface area contributed by atoms with E-state index in [-0.39, 0.29) is 23.0 Å². The topological polar surface area (TPSA) is 106 Å². The maximum atomic E-state index is 12.9. The number of methoxy groups -OCH3 is 1. The highest BCUT2D eigenvalue weighted by molar-refractivity contribution is 7.13. The molecule has 0 radical (unpaired) electrons. The molecule has 2 aromatic heterocycles. The summed E-state index contributed by atoms with van der Waals surface area (Å²) >= 11 is 1.58. The van der Waals surface area contributed by atoms with Crippen molar-refractivity contribution in [2.24, 2.45) is 5.41 Å². The Bertz CT molecular complexity index is 1350. The molecule has 4 atom stereocenters. The van der Waals surface area contributed by atoms with E-state index in [1.165, 1.54) is 12.7 Å². The minimum Gasteiger partial charge on any atom is -0.471 e. The molecule has 0 unspecified atom stereocenters. The molecule has 1 saturated carbocycles. The van der Waals surface area contributed by atoms with Crippen LogP contribution in [0.15, 0.2) is 48.1 Å². The largest absolute Gasteiger partial charge is 0.471 e. The number of hydrogen-bond donors (Lipinski definition) is 3. The monoisotopic (exact) mass is 592 g/mol. The van der Waals surface area contributed by atoms with Crippen LogP contribution >= 0.6 is 11.3 Å². The normalized spacial score (nSPS) is 19.7. The Labute approximate surface area is 253 Å². The van der Waals surface area contributed by atoms with Crippen molar-refractivity contribution in [1.29, 1.82) is 0 Å². The Morgan fingerprint density at radius 2 is 2.05 bits per heavy atom. The first kappa shape index (κ1) is 30.6. The number of benzene rings is 1. The number of rotatable bonds is 11. The third-order valence-corrected chi connectivity index (χ3v) is 9.17. The maximum absolute atomic E-state index is 12.9. The van der Waals surface area contributed by atoms with Gasteiger partial charge in [-0.15, -0.1) is 11.3 Å². The Hall–Kier alpha value is -2.85. The molecular weight excluding hydrogens is 548 g/mol. The molecule has 0 saturated heterocycles. The van der Waals surface area contributed by atoms with Crippen molar-refractivity contribution in [1.82, 2.24) is 20.6 Å². The van der Waals surface area contributed by atoms with Crippen LogP contribution in [0, 0.1) is 5.41 Å². The zero-order valence-corrected chi connectivity index (χ0v) is 26.2. The molecule has 3 aromatic rings. The van der Waals surface area contributed by atoms with Crippen LogP contribution in [0.4, 0.5) is 0 Å². The second-order valence-corrected chi connectivity index (χ2v) is 14.0. The molecule has 1 fully saturated rings. The van der Waals surface area contributed by atoms with E-state index in [0.717, 1.165) is 53.8 Å². The van der Waals surface area contributed by atoms with Gasteiger partial charge in [-0.1, -0.05) is 39.0 Å². The van der Waals surface area contributed by atoms with Crippen LogP contribution in [0.2, 0.25) is 0 Å². The van der Waals surface area contributed by atoms with Crippen molar-refractivity contribution in [3.8, 4) is 16.5 Å². The minimum atomic E-state index is -0.837. The quantitative estimate of drug-likeness (QED) is 0.279. The fourth-order valence-electron chi connectivity index (χ4n) is 5.89. The first-order valence-corrected chi connectivity index (χ1v) is 15.8. The van der Waals surface area contributed by atoms with E-state index in [1.54, 1.807) is 24.5 Å². The molecule has 1 aliphatic carbocycles. The lowest BCUT2D eigenvalue weighted by molar-refractivity contribution is -0.131. The maximum Gasteiger partial charge on any atom is 0.249 e. The number of nitrogens with one attached hydrogen (secondary N) is 2.